The highest BCUT2D eigenvalue weighted by Gasteiger charge is 2.24. The summed E-state index contributed by atoms with van der Waals surface area (Å²) in [5.74, 6) is -0.265. The van der Waals surface area contributed by atoms with Crippen molar-refractivity contribution in [3.8, 4) is 0 Å². The second-order valence-electron chi connectivity index (χ2n) is 5.22. The molecule has 0 unspecified atom stereocenters. The maximum atomic E-state index is 12.2. The van der Waals surface area contributed by atoms with Gasteiger partial charge in [-0.1, -0.05) is 19.1 Å². The average Bonchev–Trinajstić information content (AvgIpc) is 2.55. The maximum absolute atomic E-state index is 12.2. The number of aryl methyl sites for hydroxylation is 1. The van der Waals surface area contributed by atoms with Crippen LogP contribution in [0.25, 0.3) is 0 Å². The maximum Gasteiger partial charge on any atom is 0.240 e. The summed E-state index contributed by atoms with van der Waals surface area (Å²) < 4.78 is 57.4. The van der Waals surface area contributed by atoms with E-state index >= 15 is 0 Å². The molecule has 1 saturated heterocycles. The van der Waals surface area contributed by atoms with E-state index in [2.05, 4.69) is 4.72 Å². The lowest BCUT2D eigenvalue weighted by Crippen LogP contribution is -2.43. The second kappa shape index (κ2) is 7.71. The number of benzene rings is 1. The van der Waals surface area contributed by atoms with Gasteiger partial charge in [-0.2, -0.15) is 4.31 Å². The number of hydrogen-bond donors (Lipinski definition) is 1. The van der Waals surface area contributed by atoms with Gasteiger partial charge >= 0.3 is 0 Å². The lowest BCUT2D eigenvalue weighted by atomic mass is 10.2. The molecule has 0 spiro atoms. The van der Waals surface area contributed by atoms with Crippen LogP contribution < -0.4 is 4.72 Å². The second-order valence-corrected chi connectivity index (χ2v) is 9.08. The molecule has 23 heavy (non-hydrogen) atoms. The van der Waals surface area contributed by atoms with E-state index in [1.165, 1.54) is 16.4 Å². The molecule has 0 amide bonds. The minimum atomic E-state index is -3.70. The SMILES string of the molecule is CCc1ccc(S(=O)(=O)NCCS(=O)(=O)N2CCOCC2)cc1. The van der Waals surface area contributed by atoms with E-state index in [0.717, 1.165) is 12.0 Å². The number of nitrogens with zero attached hydrogens (tertiary/aromatic N) is 1. The number of hydrogen-bond acceptors (Lipinski definition) is 5. The summed E-state index contributed by atoms with van der Waals surface area (Å²) in [4.78, 5) is 0.137. The Morgan fingerprint density at radius 3 is 2.26 bits per heavy atom. The third-order valence-corrected chi connectivity index (χ3v) is 7.01. The highest BCUT2D eigenvalue weighted by atomic mass is 32.2. The van der Waals surface area contributed by atoms with Crippen LogP contribution in [0.2, 0.25) is 0 Å². The van der Waals surface area contributed by atoms with Crippen LogP contribution in [0.4, 0.5) is 0 Å². The molecule has 0 saturated carbocycles. The van der Waals surface area contributed by atoms with Gasteiger partial charge in [0.15, 0.2) is 0 Å². The Labute approximate surface area is 137 Å². The van der Waals surface area contributed by atoms with E-state index in [-0.39, 0.29) is 17.2 Å². The number of morpholine rings is 1. The smallest absolute Gasteiger partial charge is 0.240 e. The van der Waals surface area contributed by atoms with Gasteiger partial charge in [-0.25, -0.2) is 21.6 Å². The molecule has 0 radical (unpaired) electrons. The molecular formula is C14H22N2O5S2. The third-order valence-electron chi connectivity index (χ3n) is 3.66. The van der Waals surface area contributed by atoms with Gasteiger partial charge in [0.2, 0.25) is 20.0 Å². The zero-order chi connectivity index (χ0) is 16.9. The first-order valence-corrected chi connectivity index (χ1v) is 10.6. The van der Waals surface area contributed by atoms with Crippen LogP contribution in [0.1, 0.15) is 12.5 Å². The van der Waals surface area contributed by atoms with Crippen LogP contribution in [-0.4, -0.2) is 59.7 Å². The van der Waals surface area contributed by atoms with E-state index in [9.17, 15) is 16.8 Å². The van der Waals surface area contributed by atoms with Gasteiger partial charge in [0.1, 0.15) is 0 Å². The molecule has 1 aliphatic rings. The molecule has 1 heterocycles. The Morgan fingerprint density at radius 2 is 1.70 bits per heavy atom. The standard InChI is InChI=1S/C14H22N2O5S2/c1-2-13-3-5-14(6-4-13)23(19,20)15-7-12-22(17,18)16-8-10-21-11-9-16/h3-6,15H,2,7-12H2,1H3. The van der Waals surface area contributed by atoms with Gasteiger partial charge < -0.3 is 4.74 Å². The Bertz CT molecular complexity index is 708. The molecule has 0 aliphatic carbocycles. The van der Waals surface area contributed by atoms with E-state index < -0.39 is 20.0 Å². The molecule has 1 N–H and O–H groups in total. The van der Waals surface area contributed by atoms with Gasteiger partial charge in [0.05, 0.1) is 23.9 Å². The molecule has 1 aromatic carbocycles. The predicted molar refractivity (Wildman–Crippen MR) is 87.2 cm³/mol. The fourth-order valence-electron chi connectivity index (χ4n) is 2.25. The van der Waals surface area contributed by atoms with Crippen LogP contribution in [0.3, 0.4) is 0 Å². The Kier molecular flexibility index (Phi) is 6.15. The zero-order valence-corrected chi connectivity index (χ0v) is 14.7. The fourth-order valence-corrected chi connectivity index (χ4v) is 4.73. The average molecular weight is 362 g/mol. The van der Waals surface area contributed by atoms with Crippen molar-refractivity contribution >= 4 is 20.0 Å². The topological polar surface area (TPSA) is 92.8 Å². The van der Waals surface area contributed by atoms with Crippen LogP contribution in [0, 0.1) is 0 Å². The van der Waals surface area contributed by atoms with Crippen LogP contribution >= 0.6 is 0 Å². The summed E-state index contributed by atoms with van der Waals surface area (Å²) in [5, 5.41) is 0. The molecule has 130 valence electrons. The predicted octanol–water partition coefficient (Wildman–Crippen LogP) is 0.189. The zero-order valence-electron chi connectivity index (χ0n) is 13.1. The van der Waals surface area contributed by atoms with Crippen molar-refractivity contribution in [2.24, 2.45) is 0 Å². The van der Waals surface area contributed by atoms with Crippen molar-refractivity contribution in [1.29, 1.82) is 0 Å². The molecule has 0 atom stereocenters. The Hall–Kier alpha value is -1.00. The minimum absolute atomic E-state index is 0.137. The van der Waals surface area contributed by atoms with E-state index in [1.807, 2.05) is 6.92 Å². The van der Waals surface area contributed by atoms with Crippen molar-refractivity contribution in [3.05, 3.63) is 29.8 Å². The first-order chi connectivity index (χ1) is 10.8. The highest BCUT2D eigenvalue weighted by molar-refractivity contribution is 7.90. The monoisotopic (exact) mass is 362 g/mol. The summed E-state index contributed by atoms with van der Waals surface area (Å²) in [5.41, 5.74) is 1.04. The van der Waals surface area contributed by atoms with Gasteiger partial charge in [0, 0.05) is 19.6 Å². The molecule has 0 bridgehead atoms. The molecule has 1 aromatic rings. The normalized spacial score (nSPS) is 17.3. The van der Waals surface area contributed by atoms with Crippen molar-refractivity contribution in [2.45, 2.75) is 18.2 Å². The van der Waals surface area contributed by atoms with Crippen molar-refractivity contribution in [1.82, 2.24) is 9.03 Å². The summed E-state index contributed by atoms with van der Waals surface area (Å²) in [6.07, 6.45) is 0.825. The quantitative estimate of drug-likeness (QED) is 0.747. The van der Waals surface area contributed by atoms with Gasteiger partial charge in [-0.05, 0) is 24.1 Å². The van der Waals surface area contributed by atoms with Crippen molar-refractivity contribution < 1.29 is 21.6 Å². The number of rotatable bonds is 7. The summed E-state index contributed by atoms with van der Waals surface area (Å²) in [6, 6.07) is 6.55. The fraction of sp³-hybridized carbons (Fsp3) is 0.571. The van der Waals surface area contributed by atoms with Gasteiger partial charge in [-0.15, -0.1) is 0 Å². The summed E-state index contributed by atoms with van der Waals surface area (Å²) in [6.45, 7) is 3.19. The molecule has 2 rings (SSSR count). The lowest BCUT2D eigenvalue weighted by Gasteiger charge is -2.26. The number of ether oxygens (including phenoxy) is 1. The number of nitrogens with one attached hydrogen (secondary N) is 1. The molecule has 1 fully saturated rings. The largest absolute Gasteiger partial charge is 0.379 e. The van der Waals surface area contributed by atoms with Crippen molar-refractivity contribution in [2.75, 3.05) is 38.6 Å². The van der Waals surface area contributed by atoms with Gasteiger partial charge in [0.25, 0.3) is 0 Å². The van der Waals surface area contributed by atoms with Crippen LogP contribution in [-0.2, 0) is 31.2 Å². The molecule has 1 aliphatic heterocycles. The molecule has 7 nitrogen and oxygen atoms in total. The first kappa shape index (κ1) is 18.3. The van der Waals surface area contributed by atoms with E-state index in [0.29, 0.717) is 26.3 Å². The van der Waals surface area contributed by atoms with Crippen LogP contribution in [0.15, 0.2) is 29.2 Å². The molecule has 0 aromatic heterocycles. The first-order valence-electron chi connectivity index (χ1n) is 7.49. The lowest BCUT2D eigenvalue weighted by molar-refractivity contribution is 0.0730. The van der Waals surface area contributed by atoms with Gasteiger partial charge in [-0.3, -0.25) is 0 Å². The minimum Gasteiger partial charge on any atom is -0.379 e. The van der Waals surface area contributed by atoms with Crippen LogP contribution in [0.5, 0.6) is 0 Å². The Morgan fingerprint density at radius 1 is 1.09 bits per heavy atom. The number of sulfonamides is 2. The highest BCUT2D eigenvalue weighted by Crippen LogP contribution is 2.11. The summed E-state index contributed by atoms with van der Waals surface area (Å²) in [7, 11) is -7.17. The molecule has 9 heteroatoms. The molecular weight excluding hydrogens is 340 g/mol. The van der Waals surface area contributed by atoms with E-state index in [4.69, 9.17) is 4.74 Å². The third kappa shape index (κ3) is 4.98. The van der Waals surface area contributed by atoms with E-state index in [1.54, 1.807) is 12.1 Å². The summed E-state index contributed by atoms with van der Waals surface area (Å²) >= 11 is 0. The Balaban J connectivity index is 1.93. The van der Waals surface area contributed by atoms with Crippen molar-refractivity contribution in [3.63, 3.8) is 0 Å².